The van der Waals surface area contributed by atoms with Crippen LogP contribution in [0.3, 0.4) is 0 Å². The van der Waals surface area contributed by atoms with Gasteiger partial charge >= 0.3 is 0 Å². The second kappa shape index (κ2) is 4.70. The fourth-order valence-corrected chi connectivity index (χ4v) is 1.89. The van der Waals surface area contributed by atoms with Gasteiger partial charge in [0.15, 0.2) is 0 Å². The van der Waals surface area contributed by atoms with E-state index >= 15 is 0 Å². The number of nitrogen functional groups attached to an aromatic ring is 2. The molecule has 2 aromatic carbocycles. The average Bonchev–Trinajstić information content (AvgIpc) is 2.92. The van der Waals surface area contributed by atoms with Gasteiger partial charge in [0.25, 0.3) is 0 Å². The minimum absolute atomic E-state index is 0.467. The average molecular weight is 266 g/mol. The second-order valence-corrected chi connectivity index (χ2v) is 4.61. The Hall–Kier alpha value is -2.82. The minimum atomic E-state index is 0.467. The van der Waals surface area contributed by atoms with Crippen LogP contribution in [0.1, 0.15) is 5.56 Å². The van der Waals surface area contributed by atoms with E-state index in [-0.39, 0.29) is 0 Å². The van der Waals surface area contributed by atoms with Gasteiger partial charge in [-0.2, -0.15) is 0 Å². The largest absolute Gasteiger partial charge is 0.416 e. The first-order chi connectivity index (χ1) is 9.63. The fourth-order valence-electron chi connectivity index (χ4n) is 1.89. The summed E-state index contributed by atoms with van der Waals surface area (Å²) >= 11 is 0. The van der Waals surface area contributed by atoms with E-state index in [9.17, 15) is 0 Å². The molecule has 0 saturated heterocycles. The standard InChI is InChI=1S/C15H14N4O/c1-9-8-11(4-7-13(9)17)15-19-18-14(20-15)10-2-5-12(16)6-3-10/h2-8H,16-17H2,1H3. The van der Waals surface area contributed by atoms with Crippen molar-refractivity contribution in [2.24, 2.45) is 0 Å². The maximum atomic E-state index is 5.80. The van der Waals surface area contributed by atoms with Crippen LogP contribution < -0.4 is 11.5 Å². The number of nitrogens with zero attached hydrogens (tertiary/aromatic N) is 2. The first kappa shape index (κ1) is 12.2. The Labute approximate surface area is 116 Å². The summed E-state index contributed by atoms with van der Waals surface area (Å²) in [4.78, 5) is 0. The molecule has 100 valence electrons. The summed E-state index contributed by atoms with van der Waals surface area (Å²) in [5, 5.41) is 8.12. The van der Waals surface area contributed by atoms with Gasteiger partial charge in [0.2, 0.25) is 11.8 Å². The summed E-state index contributed by atoms with van der Waals surface area (Å²) < 4.78 is 5.69. The molecule has 0 aliphatic carbocycles. The van der Waals surface area contributed by atoms with Crippen molar-refractivity contribution < 1.29 is 4.42 Å². The van der Waals surface area contributed by atoms with Gasteiger partial charge in [-0.1, -0.05) is 0 Å². The molecule has 0 fully saturated rings. The van der Waals surface area contributed by atoms with E-state index in [1.807, 2.05) is 37.3 Å². The molecular weight excluding hydrogens is 252 g/mol. The topological polar surface area (TPSA) is 91.0 Å². The zero-order valence-corrected chi connectivity index (χ0v) is 11.0. The molecule has 3 rings (SSSR count). The second-order valence-electron chi connectivity index (χ2n) is 4.61. The van der Waals surface area contributed by atoms with Crippen LogP contribution in [0.15, 0.2) is 46.9 Å². The first-order valence-corrected chi connectivity index (χ1v) is 6.19. The van der Waals surface area contributed by atoms with Gasteiger partial charge < -0.3 is 15.9 Å². The zero-order valence-electron chi connectivity index (χ0n) is 11.0. The Morgan fingerprint density at radius 3 is 2.10 bits per heavy atom. The van der Waals surface area contributed by atoms with Crippen LogP contribution in [-0.2, 0) is 0 Å². The summed E-state index contributed by atoms with van der Waals surface area (Å²) in [5.74, 6) is 0.939. The molecule has 3 aromatic rings. The van der Waals surface area contributed by atoms with Crippen molar-refractivity contribution in [2.45, 2.75) is 6.92 Å². The normalized spacial score (nSPS) is 10.7. The molecule has 20 heavy (non-hydrogen) atoms. The molecule has 0 aliphatic rings. The van der Waals surface area contributed by atoms with Crippen molar-refractivity contribution in [3.05, 3.63) is 48.0 Å². The lowest BCUT2D eigenvalue weighted by molar-refractivity contribution is 0.584. The SMILES string of the molecule is Cc1cc(-c2nnc(-c3ccc(N)cc3)o2)ccc1N. The van der Waals surface area contributed by atoms with Crippen molar-refractivity contribution in [3.8, 4) is 22.9 Å². The maximum absolute atomic E-state index is 5.80. The Kier molecular flexibility index (Phi) is 2.87. The molecule has 0 amide bonds. The van der Waals surface area contributed by atoms with Crippen molar-refractivity contribution in [3.63, 3.8) is 0 Å². The van der Waals surface area contributed by atoms with Crippen LogP contribution in [0.25, 0.3) is 22.9 Å². The van der Waals surface area contributed by atoms with Crippen molar-refractivity contribution in [2.75, 3.05) is 11.5 Å². The molecule has 1 aromatic heterocycles. The quantitative estimate of drug-likeness (QED) is 0.696. The van der Waals surface area contributed by atoms with E-state index < -0.39 is 0 Å². The predicted molar refractivity (Wildman–Crippen MR) is 78.7 cm³/mol. The number of aryl methyl sites for hydroxylation is 1. The highest BCUT2D eigenvalue weighted by atomic mass is 16.4. The van der Waals surface area contributed by atoms with Gasteiger partial charge in [0.1, 0.15) is 0 Å². The Balaban J connectivity index is 1.97. The Bertz CT molecular complexity index is 747. The van der Waals surface area contributed by atoms with E-state index in [0.717, 1.165) is 22.4 Å². The fraction of sp³-hybridized carbons (Fsp3) is 0.0667. The smallest absolute Gasteiger partial charge is 0.248 e. The summed E-state index contributed by atoms with van der Waals surface area (Å²) in [5.41, 5.74) is 15.6. The highest BCUT2D eigenvalue weighted by Crippen LogP contribution is 2.26. The lowest BCUT2D eigenvalue weighted by atomic mass is 10.1. The van der Waals surface area contributed by atoms with Gasteiger partial charge in [0, 0.05) is 22.5 Å². The van der Waals surface area contributed by atoms with E-state index in [4.69, 9.17) is 15.9 Å². The lowest BCUT2D eigenvalue weighted by Crippen LogP contribution is -1.89. The molecule has 0 bridgehead atoms. The van der Waals surface area contributed by atoms with E-state index in [2.05, 4.69) is 10.2 Å². The van der Waals surface area contributed by atoms with Crippen LogP contribution in [0.4, 0.5) is 11.4 Å². The summed E-state index contributed by atoms with van der Waals surface area (Å²) in [7, 11) is 0. The maximum Gasteiger partial charge on any atom is 0.248 e. The summed E-state index contributed by atoms with van der Waals surface area (Å²) in [6.07, 6.45) is 0. The van der Waals surface area contributed by atoms with Crippen molar-refractivity contribution in [1.82, 2.24) is 10.2 Å². The molecule has 0 aliphatic heterocycles. The van der Waals surface area contributed by atoms with E-state index in [1.165, 1.54) is 0 Å². The molecule has 0 spiro atoms. The highest BCUT2D eigenvalue weighted by molar-refractivity contribution is 5.63. The number of anilines is 2. The van der Waals surface area contributed by atoms with Crippen LogP contribution >= 0.6 is 0 Å². The van der Waals surface area contributed by atoms with Gasteiger partial charge in [0.05, 0.1) is 0 Å². The van der Waals surface area contributed by atoms with Crippen LogP contribution in [0, 0.1) is 6.92 Å². The van der Waals surface area contributed by atoms with Crippen molar-refractivity contribution >= 4 is 11.4 Å². The highest BCUT2D eigenvalue weighted by Gasteiger charge is 2.11. The number of nitrogens with two attached hydrogens (primary N) is 2. The third kappa shape index (κ3) is 2.21. The lowest BCUT2D eigenvalue weighted by Gasteiger charge is -2.01. The number of rotatable bonds is 2. The van der Waals surface area contributed by atoms with Gasteiger partial charge in [-0.3, -0.25) is 0 Å². The van der Waals surface area contributed by atoms with E-state index in [1.54, 1.807) is 12.1 Å². The minimum Gasteiger partial charge on any atom is -0.416 e. The molecule has 5 heteroatoms. The molecular formula is C15H14N4O. The number of benzene rings is 2. The monoisotopic (exact) mass is 266 g/mol. The molecule has 0 radical (unpaired) electrons. The number of hydrogen-bond acceptors (Lipinski definition) is 5. The van der Waals surface area contributed by atoms with E-state index in [0.29, 0.717) is 17.5 Å². The number of aromatic nitrogens is 2. The Morgan fingerprint density at radius 2 is 1.45 bits per heavy atom. The summed E-state index contributed by atoms with van der Waals surface area (Å²) in [6.45, 7) is 1.94. The van der Waals surface area contributed by atoms with Crippen LogP contribution in [-0.4, -0.2) is 10.2 Å². The van der Waals surface area contributed by atoms with Gasteiger partial charge in [-0.25, -0.2) is 0 Å². The van der Waals surface area contributed by atoms with Gasteiger partial charge in [-0.05, 0) is 55.0 Å². The molecule has 0 unspecified atom stereocenters. The molecule has 5 nitrogen and oxygen atoms in total. The number of hydrogen-bond donors (Lipinski definition) is 2. The predicted octanol–water partition coefficient (Wildman–Crippen LogP) is 2.88. The molecule has 1 heterocycles. The third-order valence-corrected chi connectivity index (χ3v) is 3.10. The summed E-state index contributed by atoms with van der Waals surface area (Å²) in [6, 6.07) is 12.9. The molecule has 0 atom stereocenters. The first-order valence-electron chi connectivity index (χ1n) is 6.19. The van der Waals surface area contributed by atoms with Crippen LogP contribution in [0.5, 0.6) is 0 Å². The molecule has 4 N–H and O–H groups in total. The van der Waals surface area contributed by atoms with Crippen LogP contribution in [0.2, 0.25) is 0 Å². The molecule has 0 saturated carbocycles. The third-order valence-electron chi connectivity index (χ3n) is 3.10. The van der Waals surface area contributed by atoms with Gasteiger partial charge in [-0.15, -0.1) is 10.2 Å². The zero-order chi connectivity index (χ0) is 14.1. The van der Waals surface area contributed by atoms with Crippen molar-refractivity contribution in [1.29, 1.82) is 0 Å². The Morgan fingerprint density at radius 1 is 0.850 bits per heavy atom.